The minimum Gasteiger partial charge on any atom is -0.289 e. The van der Waals surface area contributed by atoms with Gasteiger partial charge in [0.15, 0.2) is 5.78 Å². The first-order valence-corrected chi connectivity index (χ1v) is 10.3. The molecule has 31 heavy (non-hydrogen) atoms. The van der Waals surface area contributed by atoms with Crippen molar-refractivity contribution in [3.8, 4) is 0 Å². The van der Waals surface area contributed by atoms with Crippen LogP contribution in [0.25, 0.3) is 5.57 Å². The van der Waals surface area contributed by atoms with Crippen molar-refractivity contribution >= 4 is 11.4 Å². The van der Waals surface area contributed by atoms with E-state index in [4.69, 9.17) is 0 Å². The van der Waals surface area contributed by atoms with Crippen molar-refractivity contribution in [1.82, 2.24) is 0 Å². The molecule has 0 saturated heterocycles. The number of hydrogen-bond acceptors (Lipinski definition) is 3. The molecule has 0 unspecified atom stereocenters. The third-order valence-electron chi connectivity index (χ3n) is 7.20. The normalized spacial score (nSPS) is 18.7. The second kappa shape index (κ2) is 5.35. The van der Waals surface area contributed by atoms with Crippen molar-refractivity contribution in [2.75, 3.05) is 0 Å². The number of rotatable bonds is 1. The summed E-state index contributed by atoms with van der Waals surface area (Å²) < 4.78 is 0. The lowest BCUT2D eigenvalue weighted by atomic mass is 9.48. The lowest BCUT2D eigenvalue weighted by molar-refractivity contribution is -0.426. The second-order valence-electron chi connectivity index (χ2n) is 8.44. The number of hydrogen-bond donors (Lipinski definition) is 0. The molecule has 4 aliphatic carbocycles. The molecule has 1 spiro atoms. The van der Waals surface area contributed by atoms with E-state index in [2.05, 4.69) is 12.1 Å². The SMILES string of the molecule is O=C1c2ccccc2C2(c3ccccc31)c1cc3c(c2c1[N+](=O)[O-])Cc1ccccc1-3. The van der Waals surface area contributed by atoms with Crippen LogP contribution in [0.4, 0.5) is 0 Å². The summed E-state index contributed by atoms with van der Waals surface area (Å²) in [6.07, 6.45) is 2.68. The van der Waals surface area contributed by atoms with E-state index in [-0.39, 0.29) is 16.4 Å². The topological polar surface area (TPSA) is 60.2 Å². The molecule has 3 aromatic carbocycles. The Morgan fingerprint density at radius 3 is 2.03 bits per heavy atom. The van der Waals surface area contributed by atoms with Crippen molar-refractivity contribution in [3.63, 3.8) is 0 Å². The molecule has 4 aliphatic rings. The Labute approximate surface area is 178 Å². The molecule has 4 nitrogen and oxygen atoms in total. The molecule has 0 fully saturated rings. The van der Waals surface area contributed by atoms with Gasteiger partial charge in [0.05, 0.1) is 21.5 Å². The Morgan fingerprint density at radius 1 is 0.806 bits per heavy atom. The smallest absolute Gasteiger partial charge is 0.279 e. The Hall–Kier alpha value is -4.05. The molecule has 0 N–H and O–H groups in total. The molecule has 0 radical (unpaired) electrons. The molecule has 0 aromatic heterocycles. The third kappa shape index (κ3) is 1.72. The van der Waals surface area contributed by atoms with Gasteiger partial charge in [-0.3, -0.25) is 14.9 Å². The summed E-state index contributed by atoms with van der Waals surface area (Å²) in [4.78, 5) is 25.2. The zero-order valence-electron chi connectivity index (χ0n) is 16.4. The van der Waals surface area contributed by atoms with Crippen molar-refractivity contribution in [2.45, 2.75) is 11.8 Å². The molecule has 0 saturated carbocycles. The molecule has 2 bridgehead atoms. The van der Waals surface area contributed by atoms with Crippen LogP contribution in [0.15, 0.2) is 101 Å². The number of fused-ring (bicyclic) bond motifs is 5. The first-order chi connectivity index (χ1) is 15.1. The predicted molar refractivity (Wildman–Crippen MR) is 116 cm³/mol. The van der Waals surface area contributed by atoms with Crippen LogP contribution in [-0.4, -0.2) is 10.7 Å². The lowest BCUT2D eigenvalue weighted by Crippen LogP contribution is -2.50. The van der Waals surface area contributed by atoms with Crippen LogP contribution in [-0.2, 0) is 11.8 Å². The maximum absolute atomic E-state index is 13.3. The highest BCUT2D eigenvalue weighted by Gasteiger charge is 2.64. The van der Waals surface area contributed by atoms with Gasteiger partial charge in [-0.15, -0.1) is 0 Å². The summed E-state index contributed by atoms with van der Waals surface area (Å²) in [5, 5.41) is 12.2. The standard InChI is InChI=1S/C27H15NO3/c29-26-17-9-3-5-11-21(17)27(22-12-6-4-10-18(22)26)23-14-19-16-8-2-1-7-15(16)13-20(19)24(27)25(23)28(30)31/h1-12,14H,13H2. The number of nitro groups is 1. The Bertz CT molecular complexity index is 1450. The second-order valence-corrected chi connectivity index (χ2v) is 8.44. The lowest BCUT2D eigenvalue weighted by Gasteiger charge is -2.50. The highest BCUT2D eigenvalue weighted by atomic mass is 16.6. The first kappa shape index (κ1) is 16.7. The van der Waals surface area contributed by atoms with Gasteiger partial charge in [0.25, 0.3) is 5.70 Å². The van der Waals surface area contributed by atoms with Crippen molar-refractivity contribution in [1.29, 1.82) is 0 Å². The number of benzene rings is 3. The van der Waals surface area contributed by atoms with Crippen molar-refractivity contribution < 1.29 is 9.72 Å². The average molecular weight is 401 g/mol. The third-order valence-corrected chi connectivity index (χ3v) is 7.20. The molecule has 7 rings (SSSR count). The summed E-state index contributed by atoms with van der Waals surface area (Å²) in [6.45, 7) is 0. The van der Waals surface area contributed by atoms with E-state index in [1.807, 2.05) is 66.7 Å². The highest BCUT2D eigenvalue weighted by Crippen LogP contribution is 2.67. The van der Waals surface area contributed by atoms with Gasteiger partial charge < -0.3 is 0 Å². The van der Waals surface area contributed by atoms with Gasteiger partial charge in [-0.2, -0.15) is 0 Å². The quantitative estimate of drug-likeness (QED) is 0.425. The summed E-state index contributed by atoms with van der Waals surface area (Å²) in [5.74, 6) is -0.0189. The number of ketones is 1. The average Bonchev–Trinajstić information content (AvgIpc) is 3.17. The molecule has 146 valence electrons. The zero-order chi connectivity index (χ0) is 20.9. The minimum absolute atomic E-state index is 0.0189. The number of allylic oxidation sites excluding steroid dienone is 5. The van der Waals surface area contributed by atoms with Crippen LogP contribution in [0.3, 0.4) is 0 Å². The fourth-order valence-electron chi connectivity index (χ4n) is 6.08. The maximum atomic E-state index is 13.3. The Kier molecular flexibility index (Phi) is 2.88. The van der Waals surface area contributed by atoms with Crippen LogP contribution in [0.2, 0.25) is 0 Å². The van der Waals surface area contributed by atoms with Crippen LogP contribution >= 0.6 is 0 Å². The van der Waals surface area contributed by atoms with Gasteiger partial charge in [0.2, 0.25) is 0 Å². The number of carbonyl (C=O) groups is 1. The van der Waals surface area contributed by atoms with Crippen molar-refractivity contribution in [3.05, 3.63) is 145 Å². The summed E-state index contributed by atoms with van der Waals surface area (Å²) >= 11 is 0. The Balaban J connectivity index is 1.60. The molecule has 0 atom stereocenters. The van der Waals surface area contributed by atoms with E-state index in [1.165, 1.54) is 5.56 Å². The van der Waals surface area contributed by atoms with E-state index in [0.29, 0.717) is 23.1 Å². The fraction of sp³-hybridized carbons (Fsp3) is 0.0741. The number of nitrogens with zero attached hydrogens (tertiary/aromatic N) is 1. The van der Waals surface area contributed by atoms with E-state index in [1.54, 1.807) is 0 Å². The van der Waals surface area contributed by atoms with E-state index >= 15 is 0 Å². The monoisotopic (exact) mass is 401 g/mol. The Morgan fingerprint density at radius 2 is 1.39 bits per heavy atom. The summed E-state index contributed by atoms with van der Waals surface area (Å²) in [5.41, 5.74) is 8.30. The first-order valence-electron chi connectivity index (χ1n) is 10.3. The largest absolute Gasteiger partial charge is 0.289 e. The summed E-state index contributed by atoms with van der Waals surface area (Å²) in [7, 11) is 0. The van der Waals surface area contributed by atoms with E-state index < -0.39 is 5.41 Å². The van der Waals surface area contributed by atoms with Gasteiger partial charge in [-0.05, 0) is 45.9 Å². The minimum atomic E-state index is -0.760. The molecular formula is C27H15NO3. The van der Waals surface area contributed by atoms with Crippen LogP contribution < -0.4 is 0 Å². The molecule has 4 heteroatoms. The van der Waals surface area contributed by atoms with Gasteiger partial charge in [-0.1, -0.05) is 72.8 Å². The van der Waals surface area contributed by atoms with Crippen LogP contribution in [0, 0.1) is 10.1 Å². The molecule has 0 amide bonds. The van der Waals surface area contributed by atoms with Crippen LogP contribution in [0.1, 0.15) is 38.2 Å². The van der Waals surface area contributed by atoms with Gasteiger partial charge in [-0.25, -0.2) is 0 Å². The van der Waals surface area contributed by atoms with Crippen molar-refractivity contribution in [2.24, 2.45) is 0 Å². The van der Waals surface area contributed by atoms with Gasteiger partial charge in [0.1, 0.15) is 0 Å². The van der Waals surface area contributed by atoms with E-state index in [9.17, 15) is 14.9 Å². The summed E-state index contributed by atoms with van der Waals surface area (Å²) in [6, 6.07) is 23.4. The van der Waals surface area contributed by atoms with Gasteiger partial charge >= 0.3 is 0 Å². The van der Waals surface area contributed by atoms with Crippen LogP contribution in [0.5, 0.6) is 0 Å². The van der Waals surface area contributed by atoms with Gasteiger partial charge in [0, 0.05) is 11.1 Å². The zero-order valence-corrected chi connectivity index (χ0v) is 16.4. The van der Waals surface area contributed by atoms with E-state index in [0.717, 1.165) is 33.4 Å². The number of carbonyl (C=O) groups excluding carboxylic acids is 1. The molecule has 3 aromatic rings. The predicted octanol–water partition coefficient (Wildman–Crippen LogP) is 5.01. The molecule has 0 aliphatic heterocycles. The molecular weight excluding hydrogens is 386 g/mol. The maximum Gasteiger partial charge on any atom is 0.279 e. The molecule has 0 heterocycles. The fourth-order valence-corrected chi connectivity index (χ4v) is 6.08. The highest BCUT2D eigenvalue weighted by molar-refractivity contribution is 6.15.